The first-order valence-corrected chi connectivity index (χ1v) is 11.1. The van der Waals surface area contributed by atoms with Crippen molar-refractivity contribution in [1.82, 2.24) is 9.78 Å². The summed E-state index contributed by atoms with van der Waals surface area (Å²) < 4.78 is 7.14. The Hall–Kier alpha value is -3.58. The maximum Gasteiger partial charge on any atom is 0.277 e. The highest BCUT2D eigenvalue weighted by molar-refractivity contribution is 7.10. The lowest BCUT2D eigenvalue weighted by atomic mass is 9.75. The van der Waals surface area contributed by atoms with Crippen LogP contribution < -0.4 is 10.9 Å². The second-order valence-corrected chi connectivity index (χ2v) is 8.87. The second-order valence-electron chi connectivity index (χ2n) is 7.89. The fraction of sp³-hybridized carbons (Fsp3) is 0.167. The predicted molar refractivity (Wildman–Crippen MR) is 119 cm³/mol. The normalized spacial score (nSPS) is 20.3. The van der Waals surface area contributed by atoms with Crippen LogP contribution in [0, 0.1) is 0 Å². The van der Waals surface area contributed by atoms with Crippen molar-refractivity contribution in [2.24, 2.45) is 0 Å². The highest BCUT2D eigenvalue weighted by Gasteiger charge is 2.42. The van der Waals surface area contributed by atoms with E-state index in [1.165, 1.54) is 0 Å². The van der Waals surface area contributed by atoms with Gasteiger partial charge < -0.3 is 9.73 Å². The molecule has 154 valence electrons. The summed E-state index contributed by atoms with van der Waals surface area (Å²) in [5.41, 5.74) is 2.78. The summed E-state index contributed by atoms with van der Waals surface area (Å²) in [4.78, 5) is 27.9. The molecule has 6 nitrogen and oxygen atoms in total. The van der Waals surface area contributed by atoms with Gasteiger partial charge in [-0.1, -0.05) is 24.3 Å². The van der Waals surface area contributed by atoms with Crippen LogP contribution in [0.25, 0.3) is 5.69 Å². The van der Waals surface area contributed by atoms with Gasteiger partial charge in [0.05, 0.1) is 23.4 Å². The number of hydrogen-bond acceptors (Lipinski definition) is 5. The Bertz CT molecular complexity index is 1340. The van der Waals surface area contributed by atoms with Crippen LogP contribution in [0.2, 0.25) is 0 Å². The van der Waals surface area contributed by atoms with E-state index in [0.29, 0.717) is 29.8 Å². The Morgan fingerprint density at radius 2 is 1.87 bits per heavy atom. The molecular weight excluding hydrogens is 410 g/mol. The number of fused-ring (bicyclic) bond motifs is 1. The van der Waals surface area contributed by atoms with Crippen LogP contribution in [-0.2, 0) is 4.79 Å². The fourth-order valence-electron chi connectivity index (χ4n) is 4.72. The first-order chi connectivity index (χ1) is 15.2. The third-order valence-corrected chi connectivity index (χ3v) is 7.01. The zero-order valence-corrected chi connectivity index (χ0v) is 17.3. The lowest BCUT2D eigenvalue weighted by molar-refractivity contribution is -0.116. The number of furan rings is 1. The lowest BCUT2D eigenvalue weighted by Gasteiger charge is -2.33. The van der Waals surface area contributed by atoms with Crippen LogP contribution in [0.4, 0.5) is 5.82 Å². The number of para-hydroxylation sites is 1. The van der Waals surface area contributed by atoms with E-state index >= 15 is 0 Å². The molecule has 0 fully saturated rings. The number of H-pyrrole nitrogens is 1. The van der Waals surface area contributed by atoms with Crippen LogP contribution in [-0.4, -0.2) is 15.6 Å². The number of thiophene rings is 1. The maximum absolute atomic E-state index is 13.5. The summed E-state index contributed by atoms with van der Waals surface area (Å²) >= 11 is 1.57. The molecule has 1 aliphatic heterocycles. The number of aromatic nitrogens is 2. The third kappa shape index (κ3) is 2.84. The third-order valence-electron chi connectivity index (χ3n) is 6.08. The molecule has 1 aromatic carbocycles. The molecule has 6 rings (SSSR count). The van der Waals surface area contributed by atoms with Gasteiger partial charge in [0.1, 0.15) is 11.6 Å². The number of ketones is 1. The molecule has 4 heterocycles. The molecule has 31 heavy (non-hydrogen) atoms. The first kappa shape index (κ1) is 18.2. The van der Waals surface area contributed by atoms with Gasteiger partial charge in [0.25, 0.3) is 5.56 Å². The van der Waals surface area contributed by atoms with E-state index in [2.05, 4.69) is 10.4 Å². The van der Waals surface area contributed by atoms with E-state index in [4.69, 9.17) is 4.42 Å². The molecule has 4 aromatic rings. The van der Waals surface area contributed by atoms with Gasteiger partial charge >= 0.3 is 0 Å². The van der Waals surface area contributed by atoms with Gasteiger partial charge in [0.15, 0.2) is 5.78 Å². The van der Waals surface area contributed by atoms with Crippen molar-refractivity contribution in [2.45, 2.75) is 24.7 Å². The summed E-state index contributed by atoms with van der Waals surface area (Å²) in [6.45, 7) is 0. The summed E-state index contributed by atoms with van der Waals surface area (Å²) in [6, 6.07) is 17.2. The first-order valence-electron chi connectivity index (χ1n) is 10.2. The van der Waals surface area contributed by atoms with Crippen molar-refractivity contribution < 1.29 is 9.21 Å². The van der Waals surface area contributed by atoms with Gasteiger partial charge in [-0.05, 0) is 42.1 Å². The Morgan fingerprint density at radius 1 is 1.00 bits per heavy atom. The van der Waals surface area contributed by atoms with Crippen molar-refractivity contribution in [1.29, 1.82) is 0 Å². The molecule has 2 N–H and O–H groups in total. The number of aromatic amines is 1. The Balaban J connectivity index is 1.52. The summed E-state index contributed by atoms with van der Waals surface area (Å²) in [5.74, 6) is 1.15. The van der Waals surface area contributed by atoms with Crippen LogP contribution in [0.3, 0.4) is 0 Å². The second kappa shape index (κ2) is 6.99. The van der Waals surface area contributed by atoms with E-state index in [9.17, 15) is 9.59 Å². The molecule has 0 saturated carbocycles. The Labute approximate surface area is 181 Å². The van der Waals surface area contributed by atoms with Crippen molar-refractivity contribution in [2.75, 3.05) is 5.32 Å². The minimum Gasteiger partial charge on any atom is -0.469 e. The van der Waals surface area contributed by atoms with Crippen LogP contribution in [0.5, 0.6) is 0 Å². The van der Waals surface area contributed by atoms with Gasteiger partial charge in [-0.25, -0.2) is 4.68 Å². The number of anilines is 1. The average Bonchev–Trinajstić information content (AvgIpc) is 3.55. The number of carbonyl (C=O) groups is 1. The van der Waals surface area contributed by atoms with Crippen molar-refractivity contribution in [3.05, 3.63) is 104 Å². The van der Waals surface area contributed by atoms with Crippen molar-refractivity contribution in [3.8, 4) is 5.69 Å². The Kier molecular flexibility index (Phi) is 4.11. The molecule has 0 bridgehead atoms. The van der Waals surface area contributed by atoms with Gasteiger partial charge in [-0.3, -0.25) is 14.7 Å². The van der Waals surface area contributed by atoms with Gasteiger partial charge in [-0.2, -0.15) is 0 Å². The van der Waals surface area contributed by atoms with Gasteiger partial charge in [-0.15, -0.1) is 11.3 Å². The quantitative estimate of drug-likeness (QED) is 0.491. The lowest BCUT2D eigenvalue weighted by Crippen LogP contribution is -2.31. The number of allylic oxidation sites excluding steroid dienone is 2. The molecule has 0 spiro atoms. The molecule has 0 saturated heterocycles. The smallest absolute Gasteiger partial charge is 0.277 e. The number of hydrogen-bond donors (Lipinski definition) is 2. The number of carbonyl (C=O) groups excluding carboxylic acids is 1. The number of rotatable bonds is 3. The average molecular weight is 430 g/mol. The van der Waals surface area contributed by atoms with E-state index in [0.717, 1.165) is 22.0 Å². The molecule has 7 heteroatoms. The summed E-state index contributed by atoms with van der Waals surface area (Å²) in [5, 5.41) is 8.61. The number of Topliss-reactive ketones (excluding diaryl/α,β-unsaturated/α-hetero) is 1. The molecule has 0 unspecified atom stereocenters. The zero-order chi connectivity index (χ0) is 20.9. The highest BCUT2D eigenvalue weighted by Crippen LogP contribution is 2.47. The van der Waals surface area contributed by atoms with E-state index in [-0.39, 0.29) is 23.2 Å². The molecule has 2 atom stereocenters. The molecule has 0 amide bonds. The van der Waals surface area contributed by atoms with Crippen LogP contribution in [0.15, 0.2) is 86.7 Å². The Morgan fingerprint density at radius 3 is 2.61 bits per heavy atom. The van der Waals surface area contributed by atoms with Gasteiger partial charge in [0, 0.05) is 28.5 Å². The minimum atomic E-state index is -0.370. The van der Waals surface area contributed by atoms with Crippen molar-refractivity contribution in [3.63, 3.8) is 0 Å². The number of nitrogens with one attached hydrogen (secondary N) is 2. The van der Waals surface area contributed by atoms with Gasteiger partial charge in [0.2, 0.25) is 0 Å². The molecule has 3 aromatic heterocycles. The fourth-order valence-corrected chi connectivity index (χ4v) is 5.56. The molecule has 0 radical (unpaired) electrons. The maximum atomic E-state index is 13.5. The summed E-state index contributed by atoms with van der Waals surface area (Å²) in [7, 11) is 0. The predicted octanol–water partition coefficient (Wildman–Crippen LogP) is 4.78. The largest absolute Gasteiger partial charge is 0.469 e. The molecule has 1 aliphatic carbocycles. The standard InChI is InChI=1S/C24H19N3O3S/c28-17-13-14(18-8-4-10-30-18)12-16-20(17)21(19-9-5-11-31-19)22-23(25-16)26-27(24(22)29)15-6-2-1-3-7-15/h1-11,14,21,25-26H,12-13H2/t14-,21-/m0/s1. The zero-order valence-electron chi connectivity index (χ0n) is 16.5. The topological polar surface area (TPSA) is 80.0 Å². The number of nitrogens with zero attached hydrogens (tertiary/aromatic N) is 1. The van der Waals surface area contributed by atoms with E-state index in [1.54, 1.807) is 22.3 Å². The molecule has 2 aliphatic rings. The minimum absolute atomic E-state index is 0.0118. The SMILES string of the molecule is O=C1C[C@@H](c2ccco2)CC2=C1[C@H](c1cccs1)c1c([nH]n(-c3ccccc3)c1=O)N2. The highest BCUT2D eigenvalue weighted by atomic mass is 32.1. The number of benzene rings is 1. The summed E-state index contributed by atoms with van der Waals surface area (Å²) in [6.07, 6.45) is 2.68. The van der Waals surface area contributed by atoms with Crippen LogP contribution in [0.1, 0.15) is 40.9 Å². The van der Waals surface area contributed by atoms with E-state index < -0.39 is 0 Å². The van der Waals surface area contributed by atoms with Crippen molar-refractivity contribution >= 4 is 22.9 Å². The molecular formula is C24H19N3O3S. The monoisotopic (exact) mass is 429 g/mol. The van der Waals surface area contributed by atoms with Crippen LogP contribution >= 0.6 is 11.3 Å². The van der Waals surface area contributed by atoms with E-state index in [1.807, 2.05) is 60.0 Å².